The molecular formula is C21H17IN2O3. The molecule has 0 fully saturated rings. The van der Waals surface area contributed by atoms with E-state index in [0.29, 0.717) is 23.5 Å². The van der Waals surface area contributed by atoms with Gasteiger partial charge in [-0.05, 0) is 52.4 Å². The highest BCUT2D eigenvalue weighted by Crippen LogP contribution is 2.19. The molecule has 0 atom stereocenters. The van der Waals surface area contributed by atoms with Crippen LogP contribution in [0.5, 0.6) is 5.75 Å². The Kier molecular flexibility index (Phi) is 6.43. The number of hydrazine groups is 1. The number of benzene rings is 3. The van der Waals surface area contributed by atoms with E-state index >= 15 is 0 Å². The first-order chi connectivity index (χ1) is 13.1. The molecule has 136 valence electrons. The minimum Gasteiger partial charge on any atom is -0.488 e. The van der Waals surface area contributed by atoms with E-state index in [2.05, 4.69) is 33.4 Å². The van der Waals surface area contributed by atoms with Crippen molar-refractivity contribution >= 4 is 34.4 Å². The van der Waals surface area contributed by atoms with Gasteiger partial charge >= 0.3 is 0 Å². The van der Waals surface area contributed by atoms with Crippen LogP contribution < -0.4 is 15.6 Å². The lowest BCUT2D eigenvalue weighted by atomic mass is 10.2. The van der Waals surface area contributed by atoms with E-state index in [-0.39, 0.29) is 5.91 Å². The molecule has 2 N–H and O–H groups in total. The van der Waals surface area contributed by atoms with Crippen LogP contribution in [0.1, 0.15) is 26.3 Å². The summed E-state index contributed by atoms with van der Waals surface area (Å²) in [6.07, 6.45) is 0. The van der Waals surface area contributed by atoms with Gasteiger partial charge in [0.1, 0.15) is 12.4 Å². The second-order valence-electron chi connectivity index (χ2n) is 5.66. The zero-order valence-electron chi connectivity index (χ0n) is 14.3. The van der Waals surface area contributed by atoms with Crippen LogP contribution in [-0.4, -0.2) is 11.8 Å². The Morgan fingerprint density at radius 2 is 1.30 bits per heavy atom. The van der Waals surface area contributed by atoms with Crippen LogP contribution in [-0.2, 0) is 6.61 Å². The Labute approximate surface area is 170 Å². The lowest BCUT2D eigenvalue weighted by molar-refractivity contribution is 0.0843. The van der Waals surface area contributed by atoms with E-state index < -0.39 is 5.91 Å². The molecule has 3 aromatic carbocycles. The van der Waals surface area contributed by atoms with E-state index in [1.807, 2.05) is 42.5 Å². The maximum absolute atomic E-state index is 12.5. The molecule has 0 radical (unpaired) electrons. The smallest absolute Gasteiger partial charge is 0.273 e. The molecule has 2 amide bonds. The fraction of sp³-hybridized carbons (Fsp3) is 0.0476. The quantitative estimate of drug-likeness (QED) is 0.437. The van der Waals surface area contributed by atoms with Gasteiger partial charge < -0.3 is 4.74 Å². The van der Waals surface area contributed by atoms with Gasteiger partial charge in [-0.1, -0.05) is 54.6 Å². The number of carbonyl (C=O) groups excluding carboxylic acids is 2. The first kappa shape index (κ1) is 18.9. The zero-order valence-corrected chi connectivity index (χ0v) is 16.5. The highest BCUT2D eigenvalue weighted by Gasteiger charge is 2.14. The van der Waals surface area contributed by atoms with E-state index in [1.165, 1.54) is 0 Å². The molecule has 0 aliphatic carbocycles. The van der Waals surface area contributed by atoms with E-state index in [9.17, 15) is 9.59 Å². The highest BCUT2D eigenvalue weighted by molar-refractivity contribution is 14.1. The Balaban J connectivity index is 1.65. The van der Waals surface area contributed by atoms with Crippen molar-refractivity contribution in [3.05, 3.63) is 99.1 Å². The number of carbonyl (C=O) groups is 2. The normalized spacial score (nSPS) is 10.1. The number of ether oxygens (including phenoxy) is 1. The SMILES string of the molecule is O=C(NNC(=O)c1ccccc1OCc1ccccc1)c1ccccc1I. The fourth-order valence-electron chi connectivity index (χ4n) is 2.41. The van der Waals surface area contributed by atoms with Crippen LogP contribution in [0.2, 0.25) is 0 Å². The summed E-state index contributed by atoms with van der Waals surface area (Å²) in [4.78, 5) is 24.7. The molecule has 0 bridgehead atoms. The molecule has 0 aliphatic rings. The number of halogens is 1. The van der Waals surface area contributed by atoms with E-state index in [4.69, 9.17) is 4.74 Å². The summed E-state index contributed by atoms with van der Waals surface area (Å²) >= 11 is 2.07. The van der Waals surface area contributed by atoms with Crippen molar-refractivity contribution in [1.29, 1.82) is 0 Å². The zero-order chi connectivity index (χ0) is 19.1. The monoisotopic (exact) mass is 472 g/mol. The van der Waals surface area contributed by atoms with Crippen LogP contribution in [0.3, 0.4) is 0 Å². The molecule has 0 aromatic heterocycles. The fourth-order valence-corrected chi connectivity index (χ4v) is 3.04. The standard InChI is InChI=1S/C21H17IN2O3/c22-18-12-6-4-10-16(18)20(25)23-24-21(26)17-11-5-7-13-19(17)27-14-15-8-2-1-3-9-15/h1-13H,14H2,(H,23,25)(H,24,26). The average Bonchev–Trinajstić information content (AvgIpc) is 2.71. The van der Waals surface area contributed by atoms with Crippen molar-refractivity contribution in [2.24, 2.45) is 0 Å². The van der Waals surface area contributed by atoms with E-state index in [1.54, 1.807) is 36.4 Å². The number of nitrogens with one attached hydrogen (secondary N) is 2. The maximum Gasteiger partial charge on any atom is 0.273 e. The molecule has 0 saturated carbocycles. The second kappa shape index (κ2) is 9.18. The van der Waals surface area contributed by atoms with Crippen molar-refractivity contribution in [1.82, 2.24) is 10.9 Å². The van der Waals surface area contributed by atoms with Crippen LogP contribution >= 0.6 is 22.6 Å². The van der Waals surface area contributed by atoms with E-state index in [0.717, 1.165) is 9.13 Å². The summed E-state index contributed by atoms with van der Waals surface area (Å²) in [5, 5.41) is 0. The largest absolute Gasteiger partial charge is 0.488 e. The number of para-hydroxylation sites is 1. The minimum absolute atomic E-state index is 0.344. The minimum atomic E-state index is -0.446. The Hall–Kier alpha value is -2.87. The maximum atomic E-state index is 12.5. The number of hydrogen-bond donors (Lipinski definition) is 2. The molecule has 3 rings (SSSR count). The molecular weight excluding hydrogens is 455 g/mol. The van der Waals surface area contributed by atoms with Gasteiger partial charge in [0.15, 0.2) is 0 Å². The summed E-state index contributed by atoms with van der Waals surface area (Å²) in [6, 6.07) is 23.7. The first-order valence-electron chi connectivity index (χ1n) is 8.26. The predicted molar refractivity (Wildman–Crippen MR) is 111 cm³/mol. The predicted octanol–water partition coefficient (Wildman–Crippen LogP) is 3.95. The van der Waals surface area contributed by atoms with Crippen molar-refractivity contribution in [2.75, 3.05) is 0 Å². The molecule has 0 spiro atoms. The van der Waals surface area contributed by atoms with Gasteiger partial charge in [-0.3, -0.25) is 20.4 Å². The van der Waals surface area contributed by atoms with Gasteiger partial charge in [0.25, 0.3) is 11.8 Å². The van der Waals surface area contributed by atoms with Crippen LogP contribution in [0.15, 0.2) is 78.9 Å². The molecule has 3 aromatic rings. The van der Waals surface area contributed by atoms with Gasteiger partial charge in [-0.25, -0.2) is 0 Å². The first-order valence-corrected chi connectivity index (χ1v) is 9.34. The van der Waals surface area contributed by atoms with Crippen molar-refractivity contribution in [3.63, 3.8) is 0 Å². The van der Waals surface area contributed by atoms with Crippen molar-refractivity contribution < 1.29 is 14.3 Å². The van der Waals surface area contributed by atoms with Gasteiger partial charge in [0.05, 0.1) is 11.1 Å². The van der Waals surface area contributed by atoms with Crippen LogP contribution in [0, 0.1) is 3.57 Å². The number of hydrogen-bond acceptors (Lipinski definition) is 3. The summed E-state index contributed by atoms with van der Waals surface area (Å²) in [5.74, 6) is -0.378. The molecule has 0 aliphatic heterocycles. The third-order valence-electron chi connectivity index (χ3n) is 3.78. The lowest BCUT2D eigenvalue weighted by Gasteiger charge is -2.12. The molecule has 0 saturated heterocycles. The molecule has 27 heavy (non-hydrogen) atoms. The summed E-state index contributed by atoms with van der Waals surface area (Å²) in [7, 11) is 0. The number of rotatable bonds is 5. The Morgan fingerprint density at radius 3 is 2.00 bits per heavy atom. The Morgan fingerprint density at radius 1 is 0.741 bits per heavy atom. The summed E-state index contributed by atoms with van der Waals surface area (Å²) in [5.41, 5.74) is 6.72. The van der Waals surface area contributed by atoms with Gasteiger partial charge in [0, 0.05) is 3.57 Å². The third-order valence-corrected chi connectivity index (χ3v) is 4.72. The Bertz CT molecular complexity index is 945. The number of amides is 2. The van der Waals surface area contributed by atoms with Gasteiger partial charge in [0.2, 0.25) is 0 Å². The summed E-state index contributed by atoms with van der Waals surface area (Å²) in [6.45, 7) is 0.347. The van der Waals surface area contributed by atoms with Gasteiger partial charge in [-0.15, -0.1) is 0 Å². The van der Waals surface area contributed by atoms with Crippen LogP contribution in [0.4, 0.5) is 0 Å². The van der Waals surface area contributed by atoms with Crippen molar-refractivity contribution in [2.45, 2.75) is 6.61 Å². The topological polar surface area (TPSA) is 67.4 Å². The summed E-state index contributed by atoms with van der Waals surface area (Å²) < 4.78 is 6.58. The van der Waals surface area contributed by atoms with Gasteiger partial charge in [-0.2, -0.15) is 0 Å². The second-order valence-corrected chi connectivity index (χ2v) is 6.82. The van der Waals surface area contributed by atoms with Crippen molar-refractivity contribution in [3.8, 4) is 5.75 Å². The highest BCUT2D eigenvalue weighted by atomic mass is 127. The molecule has 0 unspecified atom stereocenters. The molecule has 0 heterocycles. The lowest BCUT2D eigenvalue weighted by Crippen LogP contribution is -2.42. The third kappa shape index (κ3) is 5.07. The average molecular weight is 472 g/mol. The molecule has 6 heteroatoms. The van der Waals surface area contributed by atoms with Crippen LogP contribution in [0.25, 0.3) is 0 Å². The molecule has 5 nitrogen and oxygen atoms in total.